The van der Waals surface area contributed by atoms with E-state index < -0.39 is 0 Å². The summed E-state index contributed by atoms with van der Waals surface area (Å²) in [5.74, 6) is 1.14. The molecular weight excluding hydrogens is 190 g/mol. The molecule has 3 heteroatoms. The lowest BCUT2D eigenvalue weighted by molar-refractivity contribution is -0.123. The Bertz CT molecular complexity index is 226. The van der Waals surface area contributed by atoms with Crippen LogP contribution in [0.1, 0.15) is 44.9 Å². The van der Waals surface area contributed by atoms with Gasteiger partial charge in [0.2, 0.25) is 5.91 Å². The molecule has 2 rings (SSSR count). The van der Waals surface area contributed by atoms with Gasteiger partial charge in [-0.05, 0) is 31.6 Å². The first-order valence-electron chi connectivity index (χ1n) is 6.20. The third kappa shape index (κ3) is 2.71. The zero-order valence-corrected chi connectivity index (χ0v) is 9.24. The van der Waals surface area contributed by atoms with Gasteiger partial charge in [0.15, 0.2) is 0 Å². The molecule has 2 aliphatic rings. The average Bonchev–Trinajstić information content (AvgIpc) is 2.59. The van der Waals surface area contributed by atoms with Gasteiger partial charge in [0.1, 0.15) is 0 Å². The molecule has 0 aromatic carbocycles. The standard InChI is InChI=1S/C12H21NO2/c14-8-10-5-2-6-11(10)13-12(15)7-9-3-1-4-9/h9-11,14H,1-8H2,(H,13,15). The van der Waals surface area contributed by atoms with Crippen LogP contribution in [0.4, 0.5) is 0 Å². The van der Waals surface area contributed by atoms with Crippen LogP contribution in [0.25, 0.3) is 0 Å². The molecule has 0 radical (unpaired) electrons. The highest BCUT2D eigenvalue weighted by Gasteiger charge is 2.29. The van der Waals surface area contributed by atoms with Gasteiger partial charge in [-0.2, -0.15) is 0 Å². The minimum absolute atomic E-state index is 0.199. The Labute approximate surface area is 91.2 Å². The summed E-state index contributed by atoms with van der Waals surface area (Å²) in [6.07, 6.45) is 7.68. The van der Waals surface area contributed by atoms with E-state index in [9.17, 15) is 4.79 Å². The Kier molecular flexibility index (Phi) is 3.62. The Hall–Kier alpha value is -0.570. The maximum atomic E-state index is 11.7. The molecule has 0 saturated heterocycles. The zero-order valence-electron chi connectivity index (χ0n) is 9.24. The van der Waals surface area contributed by atoms with Crippen molar-refractivity contribution in [3.63, 3.8) is 0 Å². The quantitative estimate of drug-likeness (QED) is 0.739. The summed E-state index contributed by atoms with van der Waals surface area (Å²) < 4.78 is 0. The lowest BCUT2D eigenvalue weighted by atomic mass is 9.83. The molecule has 2 atom stereocenters. The van der Waals surface area contributed by atoms with Crippen molar-refractivity contribution in [3.05, 3.63) is 0 Å². The molecule has 0 bridgehead atoms. The molecule has 0 aromatic rings. The number of aliphatic hydroxyl groups is 1. The average molecular weight is 211 g/mol. The van der Waals surface area contributed by atoms with Crippen LogP contribution < -0.4 is 5.32 Å². The highest BCUT2D eigenvalue weighted by molar-refractivity contribution is 5.76. The van der Waals surface area contributed by atoms with Crippen molar-refractivity contribution in [2.75, 3.05) is 6.61 Å². The normalized spacial score (nSPS) is 31.3. The van der Waals surface area contributed by atoms with Crippen molar-refractivity contribution in [1.29, 1.82) is 0 Å². The fourth-order valence-corrected chi connectivity index (χ4v) is 2.67. The van der Waals surface area contributed by atoms with Gasteiger partial charge in [-0.15, -0.1) is 0 Å². The Morgan fingerprint density at radius 1 is 1.20 bits per heavy atom. The van der Waals surface area contributed by atoms with Crippen LogP contribution in [-0.2, 0) is 4.79 Å². The molecular formula is C12H21NO2. The molecule has 1 amide bonds. The lowest BCUT2D eigenvalue weighted by Crippen LogP contribution is -2.39. The Morgan fingerprint density at radius 2 is 1.93 bits per heavy atom. The van der Waals surface area contributed by atoms with E-state index in [-0.39, 0.29) is 18.6 Å². The van der Waals surface area contributed by atoms with E-state index in [0.29, 0.717) is 18.3 Å². The fraction of sp³-hybridized carbons (Fsp3) is 0.917. The highest BCUT2D eigenvalue weighted by atomic mass is 16.3. The molecule has 86 valence electrons. The van der Waals surface area contributed by atoms with E-state index in [1.54, 1.807) is 0 Å². The summed E-state index contributed by atoms with van der Waals surface area (Å²) in [7, 11) is 0. The van der Waals surface area contributed by atoms with Crippen LogP contribution in [0.3, 0.4) is 0 Å². The number of aliphatic hydroxyl groups excluding tert-OH is 1. The zero-order chi connectivity index (χ0) is 10.7. The third-order valence-electron chi connectivity index (χ3n) is 3.94. The van der Waals surface area contributed by atoms with E-state index >= 15 is 0 Å². The van der Waals surface area contributed by atoms with E-state index in [0.717, 1.165) is 19.3 Å². The number of nitrogens with one attached hydrogen (secondary N) is 1. The van der Waals surface area contributed by atoms with E-state index in [1.807, 2.05) is 0 Å². The molecule has 0 aromatic heterocycles. The van der Waals surface area contributed by atoms with Crippen LogP contribution in [-0.4, -0.2) is 23.7 Å². The molecule has 2 fully saturated rings. The van der Waals surface area contributed by atoms with Crippen molar-refractivity contribution in [1.82, 2.24) is 5.32 Å². The van der Waals surface area contributed by atoms with Gasteiger partial charge in [0.05, 0.1) is 0 Å². The minimum Gasteiger partial charge on any atom is -0.396 e. The fourth-order valence-electron chi connectivity index (χ4n) is 2.67. The molecule has 2 aliphatic carbocycles. The van der Waals surface area contributed by atoms with Gasteiger partial charge in [-0.1, -0.05) is 12.8 Å². The number of carbonyl (C=O) groups is 1. The third-order valence-corrected chi connectivity index (χ3v) is 3.94. The summed E-state index contributed by atoms with van der Waals surface area (Å²) in [5.41, 5.74) is 0. The van der Waals surface area contributed by atoms with Gasteiger partial charge in [-0.3, -0.25) is 4.79 Å². The molecule has 0 spiro atoms. The van der Waals surface area contributed by atoms with Crippen LogP contribution in [0, 0.1) is 11.8 Å². The lowest BCUT2D eigenvalue weighted by Gasteiger charge is -2.26. The van der Waals surface area contributed by atoms with Gasteiger partial charge < -0.3 is 10.4 Å². The number of hydrogen-bond acceptors (Lipinski definition) is 2. The summed E-state index contributed by atoms with van der Waals surface area (Å²) in [4.78, 5) is 11.7. The summed E-state index contributed by atoms with van der Waals surface area (Å²) in [6, 6.07) is 0.238. The summed E-state index contributed by atoms with van der Waals surface area (Å²) >= 11 is 0. The minimum atomic E-state index is 0.199. The molecule has 2 unspecified atom stereocenters. The predicted molar refractivity (Wildman–Crippen MR) is 58.3 cm³/mol. The van der Waals surface area contributed by atoms with Gasteiger partial charge >= 0.3 is 0 Å². The van der Waals surface area contributed by atoms with E-state index in [1.165, 1.54) is 19.3 Å². The second kappa shape index (κ2) is 4.97. The smallest absolute Gasteiger partial charge is 0.220 e. The monoisotopic (exact) mass is 211 g/mol. The first-order chi connectivity index (χ1) is 7.29. The van der Waals surface area contributed by atoms with Crippen molar-refractivity contribution in [2.45, 2.75) is 51.0 Å². The number of carbonyl (C=O) groups excluding carboxylic acids is 1. The SMILES string of the molecule is O=C(CC1CCC1)NC1CCCC1CO. The molecule has 2 saturated carbocycles. The first-order valence-corrected chi connectivity index (χ1v) is 6.20. The highest BCUT2D eigenvalue weighted by Crippen LogP contribution is 2.30. The molecule has 0 heterocycles. The largest absolute Gasteiger partial charge is 0.396 e. The molecule has 2 N–H and O–H groups in total. The van der Waals surface area contributed by atoms with Crippen LogP contribution in [0.5, 0.6) is 0 Å². The number of hydrogen-bond donors (Lipinski definition) is 2. The predicted octanol–water partition coefficient (Wildman–Crippen LogP) is 1.45. The van der Waals surface area contributed by atoms with Crippen LogP contribution in [0.15, 0.2) is 0 Å². The van der Waals surface area contributed by atoms with Gasteiger partial charge in [0.25, 0.3) is 0 Å². The number of amides is 1. The van der Waals surface area contributed by atoms with Gasteiger partial charge in [-0.25, -0.2) is 0 Å². The molecule has 3 nitrogen and oxygen atoms in total. The Balaban J connectivity index is 1.72. The van der Waals surface area contributed by atoms with Crippen LogP contribution in [0.2, 0.25) is 0 Å². The maximum absolute atomic E-state index is 11.7. The summed E-state index contributed by atoms with van der Waals surface area (Å²) in [5, 5.41) is 12.2. The van der Waals surface area contributed by atoms with E-state index in [4.69, 9.17) is 5.11 Å². The van der Waals surface area contributed by atoms with E-state index in [2.05, 4.69) is 5.32 Å². The second-order valence-electron chi connectivity index (χ2n) is 5.05. The second-order valence-corrected chi connectivity index (χ2v) is 5.05. The van der Waals surface area contributed by atoms with Crippen LogP contribution >= 0.6 is 0 Å². The molecule has 15 heavy (non-hydrogen) atoms. The first kappa shape index (κ1) is 10.9. The maximum Gasteiger partial charge on any atom is 0.220 e. The topological polar surface area (TPSA) is 49.3 Å². The van der Waals surface area contributed by atoms with Crippen molar-refractivity contribution in [3.8, 4) is 0 Å². The summed E-state index contributed by atoms with van der Waals surface area (Å²) in [6.45, 7) is 0.217. The Morgan fingerprint density at radius 3 is 2.53 bits per heavy atom. The van der Waals surface area contributed by atoms with Crippen molar-refractivity contribution < 1.29 is 9.90 Å². The van der Waals surface area contributed by atoms with Crippen molar-refractivity contribution >= 4 is 5.91 Å². The van der Waals surface area contributed by atoms with Gasteiger partial charge in [0, 0.05) is 25.0 Å². The number of rotatable bonds is 4. The molecule has 0 aliphatic heterocycles. The van der Waals surface area contributed by atoms with Crippen molar-refractivity contribution in [2.24, 2.45) is 11.8 Å².